The lowest BCUT2D eigenvalue weighted by atomic mass is 10.00. The molecule has 2 aromatic rings. The quantitative estimate of drug-likeness (QED) is 0.851. The number of amides is 1. The Labute approximate surface area is 151 Å². The number of nitrogens with zero attached hydrogens (tertiary/aromatic N) is 2. The number of hydrogen-bond donors (Lipinski definition) is 1. The Morgan fingerprint density at radius 3 is 2.75 bits per heavy atom. The number of nitrogens with one attached hydrogen (secondary N) is 1. The Morgan fingerprint density at radius 1 is 1.29 bits per heavy atom. The third-order valence-corrected chi connectivity index (χ3v) is 4.84. The van der Waals surface area contributed by atoms with Crippen LogP contribution in [0, 0.1) is 5.92 Å². The van der Waals surface area contributed by atoms with Crippen molar-refractivity contribution in [2.45, 2.75) is 26.2 Å². The number of carbonyl (C=O) groups excluding carboxylic acids is 1. The molecule has 1 aliphatic rings. The zero-order chi connectivity index (χ0) is 16.9. The van der Waals surface area contributed by atoms with Crippen molar-refractivity contribution < 1.29 is 4.79 Å². The van der Waals surface area contributed by atoms with Crippen LogP contribution in [0.15, 0.2) is 47.1 Å². The van der Waals surface area contributed by atoms with Crippen molar-refractivity contribution >= 4 is 33.3 Å². The summed E-state index contributed by atoms with van der Waals surface area (Å²) >= 11 is 3.39. The lowest BCUT2D eigenvalue weighted by Gasteiger charge is -2.32. The molecule has 3 rings (SSSR count). The fourth-order valence-corrected chi connectivity index (χ4v) is 3.31. The number of rotatable bonds is 4. The fraction of sp³-hybridized carbons (Fsp3) is 0.368. The van der Waals surface area contributed by atoms with Crippen LogP contribution in [0.3, 0.4) is 0 Å². The summed E-state index contributed by atoms with van der Waals surface area (Å²) in [7, 11) is 0. The van der Waals surface area contributed by atoms with Gasteiger partial charge in [0.25, 0.3) is 0 Å². The average Bonchev–Trinajstić information content (AvgIpc) is 2.58. The van der Waals surface area contributed by atoms with Crippen molar-refractivity contribution in [2.24, 2.45) is 5.92 Å². The van der Waals surface area contributed by atoms with E-state index < -0.39 is 0 Å². The van der Waals surface area contributed by atoms with Gasteiger partial charge in [0.1, 0.15) is 5.82 Å². The highest BCUT2D eigenvalue weighted by molar-refractivity contribution is 9.10. The van der Waals surface area contributed by atoms with Gasteiger partial charge < -0.3 is 10.2 Å². The Bertz CT molecular complexity index is 685. The number of piperidine rings is 1. The van der Waals surface area contributed by atoms with Gasteiger partial charge >= 0.3 is 0 Å². The number of halogens is 1. The molecule has 1 aliphatic heterocycles. The lowest BCUT2D eigenvalue weighted by molar-refractivity contribution is -0.115. The minimum atomic E-state index is -0.0517. The Balaban J connectivity index is 1.57. The standard InChI is InChI=1S/C19H22BrN3O/c1-14-3-2-10-23(13-14)17-8-9-18(21-12-17)22-19(24)11-15-4-6-16(20)7-5-15/h4-9,12,14H,2-3,10-11,13H2,1H3,(H,21,22,24). The van der Waals surface area contributed by atoms with Crippen LogP contribution >= 0.6 is 15.9 Å². The molecular weight excluding hydrogens is 366 g/mol. The van der Waals surface area contributed by atoms with E-state index in [1.807, 2.05) is 42.6 Å². The van der Waals surface area contributed by atoms with Crippen LogP contribution in [0.2, 0.25) is 0 Å². The molecule has 1 saturated heterocycles. The van der Waals surface area contributed by atoms with E-state index in [0.717, 1.165) is 34.7 Å². The largest absolute Gasteiger partial charge is 0.370 e. The third kappa shape index (κ3) is 4.57. The van der Waals surface area contributed by atoms with Gasteiger partial charge in [-0.3, -0.25) is 4.79 Å². The Hall–Kier alpha value is -1.88. The van der Waals surface area contributed by atoms with E-state index >= 15 is 0 Å². The van der Waals surface area contributed by atoms with Gasteiger partial charge in [-0.2, -0.15) is 0 Å². The molecule has 2 heterocycles. The predicted molar refractivity (Wildman–Crippen MR) is 101 cm³/mol. The van der Waals surface area contributed by atoms with E-state index in [9.17, 15) is 4.79 Å². The van der Waals surface area contributed by atoms with E-state index in [0.29, 0.717) is 12.2 Å². The zero-order valence-corrected chi connectivity index (χ0v) is 15.4. The lowest BCUT2D eigenvalue weighted by Crippen LogP contribution is -2.34. The van der Waals surface area contributed by atoms with Crippen molar-refractivity contribution in [1.82, 2.24) is 4.98 Å². The summed E-state index contributed by atoms with van der Waals surface area (Å²) in [6.45, 7) is 4.45. The predicted octanol–water partition coefficient (Wildman–Crippen LogP) is 4.26. The highest BCUT2D eigenvalue weighted by atomic mass is 79.9. The van der Waals surface area contributed by atoms with Crippen LogP contribution < -0.4 is 10.2 Å². The van der Waals surface area contributed by atoms with Crippen molar-refractivity contribution in [3.8, 4) is 0 Å². The van der Waals surface area contributed by atoms with Crippen molar-refractivity contribution in [1.29, 1.82) is 0 Å². The molecule has 1 amide bonds. The molecule has 5 heteroatoms. The van der Waals surface area contributed by atoms with Gasteiger partial charge in [0.15, 0.2) is 0 Å². The molecule has 24 heavy (non-hydrogen) atoms. The zero-order valence-electron chi connectivity index (χ0n) is 13.8. The smallest absolute Gasteiger partial charge is 0.229 e. The molecule has 1 atom stereocenters. The van der Waals surface area contributed by atoms with Gasteiger partial charge in [-0.05, 0) is 48.6 Å². The number of hydrogen-bond acceptors (Lipinski definition) is 3. The second kappa shape index (κ2) is 7.79. The van der Waals surface area contributed by atoms with E-state index in [1.165, 1.54) is 12.8 Å². The highest BCUT2D eigenvalue weighted by Gasteiger charge is 2.16. The highest BCUT2D eigenvalue weighted by Crippen LogP contribution is 2.23. The van der Waals surface area contributed by atoms with Gasteiger partial charge in [0.2, 0.25) is 5.91 Å². The summed E-state index contributed by atoms with van der Waals surface area (Å²) in [5, 5.41) is 2.86. The molecule has 0 saturated carbocycles. The van der Waals surface area contributed by atoms with Crippen LogP contribution in [0.25, 0.3) is 0 Å². The number of aromatic nitrogens is 1. The van der Waals surface area contributed by atoms with E-state index in [-0.39, 0.29) is 5.91 Å². The van der Waals surface area contributed by atoms with Crippen LogP contribution in [-0.4, -0.2) is 24.0 Å². The molecule has 1 unspecified atom stereocenters. The molecule has 126 valence electrons. The molecule has 1 fully saturated rings. The third-order valence-electron chi connectivity index (χ3n) is 4.32. The minimum Gasteiger partial charge on any atom is -0.370 e. The summed E-state index contributed by atoms with van der Waals surface area (Å²) in [6, 6.07) is 11.7. The molecule has 4 nitrogen and oxygen atoms in total. The van der Waals surface area contributed by atoms with Crippen LogP contribution in [0.5, 0.6) is 0 Å². The van der Waals surface area contributed by atoms with Crippen LogP contribution in [-0.2, 0) is 11.2 Å². The first-order valence-corrected chi connectivity index (χ1v) is 9.15. The fourth-order valence-electron chi connectivity index (χ4n) is 3.05. The van der Waals surface area contributed by atoms with Crippen LogP contribution in [0.1, 0.15) is 25.3 Å². The number of anilines is 2. The number of benzene rings is 1. The molecular formula is C19H22BrN3O. The van der Waals surface area contributed by atoms with Crippen LogP contribution in [0.4, 0.5) is 11.5 Å². The summed E-state index contributed by atoms with van der Waals surface area (Å²) in [4.78, 5) is 18.9. The maximum Gasteiger partial charge on any atom is 0.229 e. The topological polar surface area (TPSA) is 45.2 Å². The van der Waals surface area contributed by atoms with Gasteiger partial charge in [-0.25, -0.2) is 4.98 Å². The SMILES string of the molecule is CC1CCCN(c2ccc(NC(=O)Cc3ccc(Br)cc3)nc2)C1. The summed E-state index contributed by atoms with van der Waals surface area (Å²) in [5.74, 6) is 1.28. The van der Waals surface area contributed by atoms with Crippen molar-refractivity contribution in [3.63, 3.8) is 0 Å². The molecule has 0 bridgehead atoms. The Morgan fingerprint density at radius 2 is 2.08 bits per heavy atom. The minimum absolute atomic E-state index is 0.0517. The van der Waals surface area contributed by atoms with E-state index in [1.54, 1.807) is 0 Å². The van der Waals surface area contributed by atoms with Gasteiger partial charge in [0, 0.05) is 17.6 Å². The normalized spacial score (nSPS) is 17.6. The molecule has 1 aromatic heterocycles. The van der Waals surface area contributed by atoms with Gasteiger partial charge in [-0.15, -0.1) is 0 Å². The summed E-state index contributed by atoms with van der Waals surface area (Å²) in [5.41, 5.74) is 2.11. The first-order chi connectivity index (χ1) is 11.6. The second-order valence-electron chi connectivity index (χ2n) is 6.45. The number of pyridine rings is 1. The number of carbonyl (C=O) groups is 1. The second-order valence-corrected chi connectivity index (χ2v) is 7.36. The maximum atomic E-state index is 12.1. The van der Waals surface area contributed by atoms with Crippen molar-refractivity contribution in [2.75, 3.05) is 23.3 Å². The first kappa shape index (κ1) is 17.0. The van der Waals surface area contributed by atoms with E-state index in [2.05, 4.69) is 38.1 Å². The summed E-state index contributed by atoms with van der Waals surface area (Å²) in [6.07, 6.45) is 4.73. The van der Waals surface area contributed by atoms with Crippen molar-refractivity contribution in [3.05, 3.63) is 52.6 Å². The maximum absolute atomic E-state index is 12.1. The summed E-state index contributed by atoms with van der Waals surface area (Å²) < 4.78 is 1.01. The Kier molecular flexibility index (Phi) is 5.51. The van der Waals surface area contributed by atoms with E-state index in [4.69, 9.17) is 0 Å². The average molecular weight is 388 g/mol. The van der Waals surface area contributed by atoms with Gasteiger partial charge in [0.05, 0.1) is 18.3 Å². The molecule has 0 spiro atoms. The molecule has 1 aromatic carbocycles. The van der Waals surface area contributed by atoms with Gasteiger partial charge in [-0.1, -0.05) is 35.0 Å². The molecule has 1 N–H and O–H groups in total. The monoisotopic (exact) mass is 387 g/mol. The molecule has 0 radical (unpaired) electrons. The molecule has 0 aliphatic carbocycles. The first-order valence-electron chi connectivity index (χ1n) is 8.35.